The van der Waals surface area contributed by atoms with Gasteiger partial charge in [0.1, 0.15) is 6.04 Å². The number of thiophene rings is 1. The number of ether oxygens (including phenoxy) is 1. The SMILES string of the molecule is O=C(NC(C(=O)NCc1ccccc1S(=O)(=O)N1CCOCC1)c1ccccc1)c1cccs1. The van der Waals surface area contributed by atoms with Gasteiger partial charge in [-0.25, -0.2) is 8.42 Å². The van der Waals surface area contributed by atoms with Crippen molar-refractivity contribution in [2.75, 3.05) is 26.3 Å². The first-order valence-electron chi connectivity index (χ1n) is 10.8. The zero-order chi connectivity index (χ0) is 24.0. The maximum atomic E-state index is 13.2. The van der Waals surface area contributed by atoms with Crippen LogP contribution < -0.4 is 10.6 Å². The highest BCUT2D eigenvalue weighted by atomic mass is 32.2. The topological polar surface area (TPSA) is 105 Å². The Morgan fingerprint density at radius 1 is 0.971 bits per heavy atom. The van der Waals surface area contributed by atoms with Crippen molar-refractivity contribution in [2.24, 2.45) is 0 Å². The third-order valence-electron chi connectivity index (χ3n) is 5.43. The van der Waals surface area contributed by atoms with E-state index in [1.165, 1.54) is 15.6 Å². The van der Waals surface area contributed by atoms with Crippen LogP contribution in [0.1, 0.15) is 26.8 Å². The van der Waals surface area contributed by atoms with E-state index in [-0.39, 0.29) is 30.4 Å². The molecule has 2 N–H and O–H groups in total. The Bertz CT molecular complexity index is 1220. The highest BCUT2D eigenvalue weighted by molar-refractivity contribution is 7.89. The number of nitrogens with one attached hydrogen (secondary N) is 2. The van der Waals surface area contributed by atoms with Crippen LogP contribution >= 0.6 is 11.3 Å². The number of hydrogen-bond donors (Lipinski definition) is 2. The van der Waals surface area contributed by atoms with Gasteiger partial charge in [-0.2, -0.15) is 4.31 Å². The van der Waals surface area contributed by atoms with Crippen LogP contribution in [0.15, 0.2) is 77.0 Å². The Hall–Kier alpha value is -3.05. The first-order chi connectivity index (χ1) is 16.5. The molecule has 0 spiro atoms. The molecule has 1 aliphatic rings. The summed E-state index contributed by atoms with van der Waals surface area (Å²) >= 11 is 1.28. The number of hydrogen-bond acceptors (Lipinski definition) is 6. The van der Waals surface area contributed by atoms with Gasteiger partial charge in [0, 0.05) is 19.6 Å². The molecule has 34 heavy (non-hydrogen) atoms. The molecule has 1 aliphatic heterocycles. The maximum Gasteiger partial charge on any atom is 0.262 e. The summed E-state index contributed by atoms with van der Waals surface area (Å²) in [5.74, 6) is -0.788. The quantitative estimate of drug-likeness (QED) is 0.496. The molecule has 3 aromatic rings. The Labute approximate surface area is 202 Å². The van der Waals surface area contributed by atoms with Crippen molar-refractivity contribution in [1.29, 1.82) is 0 Å². The average Bonchev–Trinajstić information content (AvgIpc) is 3.42. The van der Waals surface area contributed by atoms with E-state index >= 15 is 0 Å². The van der Waals surface area contributed by atoms with Crippen LogP contribution in [0.3, 0.4) is 0 Å². The van der Waals surface area contributed by atoms with Crippen molar-refractivity contribution in [1.82, 2.24) is 14.9 Å². The molecule has 2 heterocycles. The lowest BCUT2D eigenvalue weighted by Gasteiger charge is -2.27. The Morgan fingerprint density at radius 2 is 1.68 bits per heavy atom. The Kier molecular flexibility index (Phi) is 7.73. The van der Waals surface area contributed by atoms with Crippen LogP contribution in [0.2, 0.25) is 0 Å². The van der Waals surface area contributed by atoms with Crippen molar-refractivity contribution >= 4 is 33.2 Å². The third kappa shape index (κ3) is 5.53. The molecule has 10 heteroatoms. The highest BCUT2D eigenvalue weighted by Crippen LogP contribution is 2.22. The van der Waals surface area contributed by atoms with Crippen LogP contribution in [-0.4, -0.2) is 50.8 Å². The van der Waals surface area contributed by atoms with Gasteiger partial charge in [-0.05, 0) is 28.6 Å². The fraction of sp³-hybridized carbons (Fsp3) is 0.250. The number of morpholine rings is 1. The summed E-state index contributed by atoms with van der Waals surface area (Å²) in [6.07, 6.45) is 0. The molecule has 2 aromatic carbocycles. The number of carbonyl (C=O) groups is 2. The standard InChI is InChI=1S/C24H25N3O5S2/c28-23(20-10-6-16-33-20)26-22(18-7-2-1-3-8-18)24(29)25-17-19-9-4-5-11-21(19)34(30,31)27-12-14-32-15-13-27/h1-11,16,22H,12-15,17H2,(H,25,29)(H,26,28). The van der Waals surface area contributed by atoms with Gasteiger partial charge in [0.15, 0.2) is 0 Å². The Morgan fingerprint density at radius 3 is 2.38 bits per heavy atom. The van der Waals surface area contributed by atoms with E-state index in [0.29, 0.717) is 29.2 Å². The summed E-state index contributed by atoms with van der Waals surface area (Å²) in [5, 5.41) is 7.38. The predicted octanol–water partition coefficient (Wildman–Crippen LogP) is 2.56. The summed E-state index contributed by atoms with van der Waals surface area (Å²) in [4.78, 5) is 26.5. The normalized spacial score (nSPS) is 15.4. The van der Waals surface area contributed by atoms with Crippen molar-refractivity contribution in [3.63, 3.8) is 0 Å². The van der Waals surface area contributed by atoms with E-state index < -0.39 is 22.0 Å². The molecule has 0 saturated carbocycles. The number of rotatable bonds is 8. The van der Waals surface area contributed by atoms with E-state index in [2.05, 4.69) is 10.6 Å². The van der Waals surface area contributed by atoms with Crippen molar-refractivity contribution in [3.8, 4) is 0 Å². The number of sulfonamides is 1. The minimum Gasteiger partial charge on any atom is -0.379 e. The fourth-order valence-electron chi connectivity index (χ4n) is 3.67. The minimum absolute atomic E-state index is 0.00319. The predicted molar refractivity (Wildman–Crippen MR) is 129 cm³/mol. The second-order valence-corrected chi connectivity index (χ2v) is 10.5. The maximum absolute atomic E-state index is 13.2. The summed E-state index contributed by atoms with van der Waals surface area (Å²) in [6.45, 7) is 1.26. The van der Waals surface area contributed by atoms with E-state index in [1.54, 1.807) is 66.0 Å². The van der Waals surface area contributed by atoms with Gasteiger partial charge < -0.3 is 15.4 Å². The van der Waals surface area contributed by atoms with E-state index in [1.807, 2.05) is 6.07 Å². The van der Waals surface area contributed by atoms with Gasteiger partial charge in [0.2, 0.25) is 15.9 Å². The van der Waals surface area contributed by atoms with Crippen LogP contribution in [0.25, 0.3) is 0 Å². The van der Waals surface area contributed by atoms with Crippen molar-refractivity contribution < 1.29 is 22.7 Å². The van der Waals surface area contributed by atoms with Gasteiger partial charge in [0.25, 0.3) is 5.91 Å². The summed E-state index contributed by atoms with van der Waals surface area (Å²) < 4.78 is 33.0. The molecule has 1 atom stereocenters. The average molecular weight is 500 g/mol. The van der Waals surface area contributed by atoms with Crippen LogP contribution in [0, 0.1) is 0 Å². The van der Waals surface area contributed by atoms with Crippen LogP contribution in [-0.2, 0) is 26.1 Å². The number of carbonyl (C=O) groups excluding carboxylic acids is 2. The molecular weight excluding hydrogens is 474 g/mol. The molecule has 178 valence electrons. The van der Waals surface area contributed by atoms with Gasteiger partial charge in [-0.3, -0.25) is 9.59 Å². The first kappa shape index (κ1) is 24.1. The van der Waals surface area contributed by atoms with E-state index in [9.17, 15) is 18.0 Å². The molecule has 0 radical (unpaired) electrons. The number of amides is 2. The van der Waals surface area contributed by atoms with Crippen molar-refractivity contribution in [2.45, 2.75) is 17.5 Å². The highest BCUT2D eigenvalue weighted by Gasteiger charge is 2.29. The van der Waals surface area contributed by atoms with E-state index in [4.69, 9.17) is 4.74 Å². The lowest BCUT2D eigenvalue weighted by molar-refractivity contribution is -0.123. The van der Waals surface area contributed by atoms with Gasteiger partial charge in [-0.1, -0.05) is 54.6 Å². The molecule has 0 bridgehead atoms. The second-order valence-electron chi connectivity index (χ2n) is 7.64. The first-order valence-corrected chi connectivity index (χ1v) is 13.1. The molecule has 0 aliphatic carbocycles. The lowest BCUT2D eigenvalue weighted by Crippen LogP contribution is -2.42. The summed E-state index contributed by atoms with van der Waals surface area (Å²) in [6, 6.07) is 18.1. The largest absolute Gasteiger partial charge is 0.379 e. The number of nitrogens with zero attached hydrogens (tertiary/aromatic N) is 1. The van der Waals surface area contributed by atoms with E-state index in [0.717, 1.165) is 0 Å². The molecule has 1 unspecified atom stereocenters. The second kappa shape index (κ2) is 10.9. The lowest BCUT2D eigenvalue weighted by atomic mass is 10.1. The zero-order valence-electron chi connectivity index (χ0n) is 18.3. The molecule has 2 amide bonds. The monoisotopic (exact) mass is 499 g/mol. The molecular formula is C24H25N3O5S2. The van der Waals surface area contributed by atoms with Crippen LogP contribution in [0.5, 0.6) is 0 Å². The van der Waals surface area contributed by atoms with Gasteiger partial charge in [0.05, 0.1) is 23.0 Å². The summed E-state index contributed by atoms with van der Waals surface area (Å²) in [5.41, 5.74) is 1.10. The fourth-order valence-corrected chi connectivity index (χ4v) is 5.92. The Balaban J connectivity index is 1.52. The molecule has 4 rings (SSSR count). The molecule has 1 aromatic heterocycles. The molecule has 8 nitrogen and oxygen atoms in total. The number of benzene rings is 2. The third-order valence-corrected chi connectivity index (χ3v) is 8.30. The smallest absolute Gasteiger partial charge is 0.262 e. The van der Waals surface area contributed by atoms with Crippen LogP contribution in [0.4, 0.5) is 0 Å². The molecule has 1 saturated heterocycles. The molecule has 1 fully saturated rings. The minimum atomic E-state index is -3.73. The van der Waals surface area contributed by atoms with Gasteiger partial charge in [-0.15, -0.1) is 11.3 Å². The van der Waals surface area contributed by atoms with Gasteiger partial charge >= 0.3 is 0 Å². The van der Waals surface area contributed by atoms with Crippen molar-refractivity contribution in [3.05, 3.63) is 88.1 Å². The zero-order valence-corrected chi connectivity index (χ0v) is 20.0. The summed E-state index contributed by atoms with van der Waals surface area (Å²) in [7, 11) is -3.73.